The lowest BCUT2D eigenvalue weighted by Gasteiger charge is -2.25. The topological polar surface area (TPSA) is 20.3 Å². The maximum absolute atomic E-state index is 11.9. The van der Waals surface area contributed by atoms with E-state index in [1.807, 2.05) is 0 Å². The van der Waals surface area contributed by atoms with Crippen LogP contribution >= 0.6 is 15.9 Å². The fraction of sp³-hybridized carbons (Fsp3) is 0.917. The van der Waals surface area contributed by atoms with E-state index in [2.05, 4.69) is 34.7 Å². The lowest BCUT2D eigenvalue weighted by atomic mass is 10.0. The maximum atomic E-state index is 11.9. The predicted octanol–water partition coefficient (Wildman–Crippen LogP) is 3.20. The van der Waals surface area contributed by atoms with Crippen molar-refractivity contribution in [1.82, 2.24) is 4.90 Å². The maximum Gasteiger partial charge on any atom is 0.222 e. The second-order valence-corrected chi connectivity index (χ2v) is 5.18. The molecule has 88 valence electrons. The van der Waals surface area contributed by atoms with E-state index in [1.165, 1.54) is 12.8 Å². The minimum Gasteiger partial charge on any atom is -0.339 e. The molecule has 0 radical (unpaired) electrons. The molecule has 1 fully saturated rings. The summed E-state index contributed by atoms with van der Waals surface area (Å²) in [7, 11) is 0. The second-order valence-electron chi connectivity index (χ2n) is 4.53. The van der Waals surface area contributed by atoms with E-state index in [1.54, 1.807) is 0 Å². The van der Waals surface area contributed by atoms with Gasteiger partial charge in [0.05, 0.1) is 0 Å². The molecule has 0 aromatic carbocycles. The summed E-state index contributed by atoms with van der Waals surface area (Å²) in [5.74, 6) is 1.01. The minimum absolute atomic E-state index is 0.359. The number of carbonyl (C=O) groups is 1. The van der Waals surface area contributed by atoms with E-state index in [9.17, 15) is 4.79 Å². The van der Waals surface area contributed by atoms with Crippen LogP contribution in [0.15, 0.2) is 0 Å². The summed E-state index contributed by atoms with van der Waals surface area (Å²) in [6, 6.07) is 0.430. The summed E-state index contributed by atoms with van der Waals surface area (Å²) < 4.78 is 0. The van der Waals surface area contributed by atoms with Crippen molar-refractivity contribution in [3.05, 3.63) is 0 Å². The molecule has 1 aliphatic rings. The van der Waals surface area contributed by atoms with Gasteiger partial charge in [-0.05, 0) is 18.8 Å². The fourth-order valence-corrected chi connectivity index (χ4v) is 3.21. The summed E-state index contributed by atoms with van der Waals surface area (Å²) in [5.41, 5.74) is 0. The quantitative estimate of drug-likeness (QED) is 0.558. The highest BCUT2D eigenvalue weighted by Crippen LogP contribution is 2.26. The number of amides is 1. The van der Waals surface area contributed by atoms with E-state index < -0.39 is 0 Å². The highest BCUT2D eigenvalue weighted by atomic mass is 79.9. The summed E-state index contributed by atoms with van der Waals surface area (Å²) in [4.78, 5) is 14.0. The Labute approximate surface area is 102 Å². The molecule has 3 heteroatoms. The minimum atomic E-state index is 0.359. The molecular weight excluding hydrogens is 254 g/mol. The number of carbonyl (C=O) groups excluding carboxylic acids is 1. The number of unbranched alkanes of at least 4 members (excludes halogenated alkanes) is 2. The van der Waals surface area contributed by atoms with Crippen molar-refractivity contribution in [3.8, 4) is 0 Å². The van der Waals surface area contributed by atoms with Crippen LogP contribution in [0.3, 0.4) is 0 Å². The molecular formula is C12H22BrNO. The van der Waals surface area contributed by atoms with Crippen molar-refractivity contribution in [2.45, 2.75) is 52.0 Å². The number of nitrogens with zero attached hydrogens (tertiary/aromatic N) is 1. The van der Waals surface area contributed by atoms with Crippen LogP contribution in [-0.4, -0.2) is 28.7 Å². The van der Waals surface area contributed by atoms with Gasteiger partial charge in [-0.1, -0.05) is 42.6 Å². The Balaban J connectivity index is 2.38. The van der Waals surface area contributed by atoms with Gasteiger partial charge in [0, 0.05) is 24.3 Å². The smallest absolute Gasteiger partial charge is 0.222 e. The van der Waals surface area contributed by atoms with Crippen molar-refractivity contribution >= 4 is 21.8 Å². The number of hydrogen-bond acceptors (Lipinski definition) is 1. The highest BCUT2D eigenvalue weighted by Gasteiger charge is 2.32. The van der Waals surface area contributed by atoms with Crippen LogP contribution in [0.5, 0.6) is 0 Å². The highest BCUT2D eigenvalue weighted by molar-refractivity contribution is 9.09. The van der Waals surface area contributed by atoms with Gasteiger partial charge < -0.3 is 4.90 Å². The molecule has 0 aromatic rings. The Kier molecular flexibility index (Phi) is 5.65. The van der Waals surface area contributed by atoms with E-state index in [0.29, 0.717) is 17.9 Å². The van der Waals surface area contributed by atoms with Crippen LogP contribution in [0.2, 0.25) is 0 Å². The molecule has 0 aromatic heterocycles. The normalized spacial score (nSPS) is 25.9. The first kappa shape index (κ1) is 13.0. The molecule has 2 unspecified atom stereocenters. The Bertz CT molecular complexity index is 208. The Hall–Kier alpha value is -0.0500. The average Bonchev–Trinajstić information content (AvgIpc) is 2.59. The van der Waals surface area contributed by atoms with Gasteiger partial charge in [0.2, 0.25) is 5.91 Å². The van der Waals surface area contributed by atoms with Crippen molar-refractivity contribution in [3.63, 3.8) is 0 Å². The molecule has 1 amide bonds. The Morgan fingerprint density at radius 1 is 1.47 bits per heavy atom. The molecule has 1 heterocycles. The summed E-state index contributed by atoms with van der Waals surface area (Å²) >= 11 is 3.51. The number of likely N-dealkylation sites (tertiary alicyclic amines) is 1. The van der Waals surface area contributed by atoms with Crippen LogP contribution < -0.4 is 0 Å². The van der Waals surface area contributed by atoms with Crippen molar-refractivity contribution in [1.29, 1.82) is 0 Å². The van der Waals surface area contributed by atoms with Gasteiger partial charge in [-0.3, -0.25) is 4.79 Å². The van der Waals surface area contributed by atoms with Crippen molar-refractivity contribution < 1.29 is 4.79 Å². The lowest BCUT2D eigenvalue weighted by Crippen LogP contribution is -2.38. The average molecular weight is 276 g/mol. The molecule has 2 atom stereocenters. The molecule has 0 spiro atoms. The zero-order chi connectivity index (χ0) is 11.3. The first-order valence-electron chi connectivity index (χ1n) is 6.06. The molecule has 15 heavy (non-hydrogen) atoms. The molecule has 0 N–H and O–H groups in total. The molecule has 1 aliphatic heterocycles. The van der Waals surface area contributed by atoms with Gasteiger partial charge in [-0.15, -0.1) is 0 Å². The van der Waals surface area contributed by atoms with E-state index in [4.69, 9.17) is 0 Å². The van der Waals surface area contributed by atoms with Gasteiger partial charge in [0.15, 0.2) is 0 Å². The molecule has 0 aliphatic carbocycles. The molecule has 1 saturated heterocycles. The Morgan fingerprint density at radius 2 is 2.20 bits per heavy atom. The van der Waals surface area contributed by atoms with Gasteiger partial charge >= 0.3 is 0 Å². The number of halogens is 1. The number of hydrogen-bond donors (Lipinski definition) is 0. The first-order valence-corrected chi connectivity index (χ1v) is 7.18. The zero-order valence-electron chi connectivity index (χ0n) is 9.84. The van der Waals surface area contributed by atoms with Crippen LogP contribution in [0, 0.1) is 5.92 Å². The van der Waals surface area contributed by atoms with Gasteiger partial charge in [-0.2, -0.15) is 0 Å². The molecule has 0 bridgehead atoms. The second kappa shape index (κ2) is 6.51. The Morgan fingerprint density at radius 3 is 2.80 bits per heavy atom. The molecule has 2 nitrogen and oxygen atoms in total. The van der Waals surface area contributed by atoms with Crippen LogP contribution in [0.25, 0.3) is 0 Å². The SMILES string of the molecule is CCCCCC(=O)N1CCC(C)C1CBr. The van der Waals surface area contributed by atoms with E-state index in [0.717, 1.165) is 31.1 Å². The largest absolute Gasteiger partial charge is 0.339 e. The third-order valence-corrected chi connectivity index (χ3v) is 4.02. The lowest BCUT2D eigenvalue weighted by molar-refractivity contribution is -0.132. The summed E-state index contributed by atoms with van der Waals surface area (Å²) in [6.45, 7) is 5.37. The summed E-state index contributed by atoms with van der Waals surface area (Å²) in [6.07, 6.45) is 5.31. The van der Waals surface area contributed by atoms with Crippen molar-refractivity contribution in [2.75, 3.05) is 11.9 Å². The first-order chi connectivity index (χ1) is 7.20. The zero-order valence-corrected chi connectivity index (χ0v) is 11.4. The standard InChI is InChI=1S/C12H22BrNO/c1-3-4-5-6-12(15)14-8-7-10(2)11(14)9-13/h10-11H,3-9H2,1-2H3. The third-order valence-electron chi connectivity index (χ3n) is 3.36. The van der Waals surface area contributed by atoms with Gasteiger partial charge in [0.25, 0.3) is 0 Å². The van der Waals surface area contributed by atoms with Crippen molar-refractivity contribution in [2.24, 2.45) is 5.92 Å². The van der Waals surface area contributed by atoms with E-state index >= 15 is 0 Å². The number of alkyl halides is 1. The molecule has 1 rings (SSSR count). The monoisotopic (exact) mass is 275 g/mol. The van der Waals surface area contributed by atoms with Crippen LogP contribution in [0.1, 0.15) is 46.0 Å². The number of rotatable bonds is 5. The predicted molar refractivity (Wildman–Crippen MR) is 67.2 cm³/mol. The molecule has 0 saturated carbocycles. The van der Waals surface area contributed by atoms with Crippen LogP contribution in [-0.2, 0) is 4.79 Å². The third kappa shape index (κ3) is 3.47. The summed E-state index contributed by atoms with van der Waals surface area (Å²) in [5, 5.41) is 0.924. The van der Waals surface area contributed by atoms with E-state index in [-0.39, 0.29) is 0 Å². The van der Waals surface area contributed by atoms with Crippen LogP contribution in [0.4, 0.5) is 0 Å². The fourth-order valence-electron chi connectivity index (χ4n) is 2.22. The van der Waals surface area contributed by atoms with Gasteiger partial charge in [0.1, 0.15) is 0 Å². The van der Waals surface area contributed by atoms with Gasteiger partial charge in [-0.25, -0.2) is 0 Å².